The van der Waals surface area contributed by atoms with Gasteiger partial charge in [0.2, 0.25) is 12.7 Å². The number of benzene rings is 1. The molecule has 2 amide bonds. The van der Waals surface area contributed by atoms with Gasteiger partial charge in [0.25, 0.3) is 5.91 Å². The molecule has 9 heteroatoms. The minimum Gasteiger partial charge on any atom is -0.454 e. The summed E-state index contributed by atoms with van der Waals surface area (Å²) in [6.45, 7) is 3.83. The Kier molecular flexibility index (Phi) is 5.13. The fourth-order valence-electron chi connectivity index (χ4n) is 2.23. The predicted octanol–water partition coefficient (Wildman–Crippen LogP) is 1.71. The third-order valence-corrected chi connectivity index (χ3v) is 4.57. The molecule has 0 saturated heterocycles. The van der Waals surface area contributed by atoms with Crippen LogP contribution in [-0.2, 0) is 10.5 Å². The molecular weight excluding hydrogens is 346 g/mol. The molecule has 0 radical (unpaired) electrons. The maximum atomic E-state index is 12.0. The highest BCUT2D eigenvalue weighted by molar-refractivity contribution is 7.99. The van der Waals surface area contributed by atoms with E-state index in [1.165, 1.54) is 11.8 Å². The van der Waals surface area contributed by atoms with E-state index in [1.807, 2.05) is 13.8 Å². The number of hydrogen-bond donors (Lipinski definition) is 2. The van der Waals surface area contributed by atoms with Gasteiger partial charge in [-0.1, -0.05) is 5.16 Å². The molecule has 1 aromatic heterocycles. The lowest BCUT2D eigenvalue weighted by atomic mass is 10.2. The Morgan fingerprint density at radius 3 is 2.76 bits per heavy atom. The van der Waals surface area contributed by atoms with E-state index < -0.39 is 5.91 Å². The van der Waals surface area contributed by atoms with Crippen LogP contribution in [-0.4, -0.2) is 29.5 Å². The quantitative estimate of drug-likeness (QED) is 0.780. The summed E-state index contributed by atoms with van der Waals surface area (Å²) in [5.74, 6) is 1.94. The first-order valence-corrected chi connectivity index (χ1v) is 8.68. The molecule has 0 saturated carbocycles. The lowest BCUT2D eigenvalue weighted by Crippen LogP contribution is -2.42. The zero-order valence-electron chi connectivity index (χ0n) is 13.8. The fraction of sp³-hybridized carbons (Fsp3) is 0.312. The van der Waals surface area contributed by atoms with Gasteiger partial charge in [-0.2, -0.15) is 0 Å². The normalized spacial score (nSPS) is 12.1. The van der Waals surface area contributed by atoms with Crippen molar-refractivity contribution in [1.82, 2.24) is 16.0 Å². The van der Waals surface area contributed by atoms with E-state index in [9.17, 15) is 9.59 Å². The largest absolute Gasteiger partial charge is 0.454 e. The van der Waals surface area contributed by atoms with Crippen LogP contribution in [0.15, 0.2) is 22.7 Å². The molecule has 2 aromatic rings. The topological polar surface area (TPSA) is 103 Å². The second-order valence-corrected chi connectivity index (χ2v) is 6.35. The third kappa shape index (κ3) is 4.05. The van der Waals surface area contributed by atoms with Crippen molar-refractivity contribution in [3.05, 3.63) is 40.8 Å². The Morgan fingerprint density at radius 1 is 1.20 bits per heavy atom. The third-order valence-electron chi connectivity index (χ3n) is 3.61. The lowest BCUT2D eigenvalue weighted by Gasteiger charge is -2.08. The minimum atomic E-state index is -0.428. The van der Waals surface area contributed by atoms with Gasteiger partial charge < -0.3 is 14.0 Å². The summed E-state index contributed by atoms with van der Waals surface area (Å²) >= 11 is 1.41. The van der Waals surface area contributed by atoms with E-state index in [4.69, 9.17) is 14.0 Å². The number of carbonyl (C=O) groups is 2. The molecule has 1 aromatic carbocycles. The maximum absolute atomic E-state index is 12.0. The number of hydrogen-bond acceptors (Lipinski definition) is 7. The van der Waals surface area contributed by atoms with Crippen LogP contribution in [0.25, 0.3) is 0 Å². The van der Waals surface area contributed by atoms with E-state index in [0.717, 1.165) is 17.0 Å². The van der Waals surface area contributed by atoms with Crippen molar-refractivity contribution in [3.63, 3.8) is 0 Å². The van der Waals surface area contributed by atoms with Crippen LogP contribution in [0.5, 0.6) is 11.5 Å². The zero-order chi connectivity index (χ0) is 17.8. The molecule has 132 valence electrons. The molecule has 0 fully saturated rings. The minimum absolute atomic E-state index is 0.138. The number of nitrogens with one attached hydrogen (secondary N) is 2. The highest BCUT2D eigenvalue weighted by atomic mass is 32.2. The number of aromatic nitrogens is 1. The second kappa shape index (κ2) is 7.47. The van der Waals surface area contributed by atoms with Crippen LogP contribution in [0.4, 0.5) is 0 Å². The number of aryl methyl sites for hydroxylation is 2. The number of hydrazine groups is 1. The summed E-state index contributed by atoms with van der Waals surface area (Å²) in [5.41, 5.74) is 6.94. The van der Waals surface area contributed by atoms with Crippen LogP contribution in [0.1, 0.15) is 27.4 Å². The van der Waals surface area contributed by atoms with Crippen LogP contribution in [0, 0.1) is 13.8 Å². The molecule has 0 aliphatic carbocycles. The van der Waals surface area contributed by atoms with Gasteiger partial charge in [0.05, 0.1) is 11.4 Å². The summed E-state index contributed by atoms with van der Waals surface area (Å²) in [7, 11) is 0. The average molecular weight is 363 g/mol. The van der Waals surface area contributed by atoms with Crippen molar-refractivity contribution in [1.29, 1.82) is 0 Å². The van der Waals surface area contributed by atoms with Crippen molar-refractivity contribution in [2.75, 3.05) is 12.5 Å². The smallest absolute Gasteiger partial charge is 0.269 e. The van der Waals surface area contributed by atoms with E-state index in [0.29, 0.717) is 22.8 Å². The summed E-state index contributed by atoms with van der Waals surface area (Å²) in [5, 5.41) is 3.87. The van der Waals surface area contributed by atoms with Crippen molar-refractivity contribution in [3.8, 4) is 11.5 Å². The van der Waals surface area contributed by atoms with Crippen LogP contribution >= 0.6 is 11.8 Å². The Labute approximate surface area is 148 Å². The van der Waals surface area contributed by atoms with Gasteiger partial charge >= 0.3 is 0 Å². The molecule has 1 aliphatic rings. The standard InChI is InChI=1S/C16H17N3O5S/c1-9-12(10(2)24-19-9)6-25-7-15(20)17-18-16(21)11-3-4-13-14(5-11)23-8-22-13/h3-5H,6-8H2,1-2H3,(H,17,20)(H,18,21). The van der Waals surface area contributed by atoms with Crippen molar-refractivity contribution in [2.24, 2.45) is 0 Å². The molecule has 3 rings (SSSR count). The number of ether oxygens (including phenoxy) is 2. The molecular formula is C16H17N3O5S. The van der Waals surface area contributed by atoms with Crippen molar-refractivity contribution in [2.45, 2.75) is 19.6 Å². The van der Waals surface area contributed by atoms with Gasteiger partial charge in [0.1, 0.15) is 5.76 Å². The molecule has 2 heterocycles. The first-order chi connectivity index (χ1) is 12.0. The SMILES string of the molecule is Cc1noc(C)c1CSCC(=O)NNC(=O)c1ccc2c(c1)OCO2. The zero-order valence-corrected chi connectivity index (χ0v) is 14.6. The Hall–Kier alpha value is -2.68. The molecule has 0 spiro atoms. The molecule has 25 heavy (non-hydrogen) atoms. The molecule has 0 bridgehead atoms. The first kappa shape index (κ1) is 17.2. The van der Waals surface area contributed by atoms with Gasteiger partial charge in [-0.3, -0.25) is 20.4 Å². The van der Waals surface area contributed by atoms with Gasteiger partial charge in [-0.15, -0.1) is 11.8 Å². The van der Waals surface area contributed by atoms with Gasteiger partial charge in [-0.05, 0) is 32.0 Å². The average Bonchev–Trinajstić information content (AvgIpc) is 3.20. The monoisotopic (exact) mass is 363 g/mol. The Morgan fingerprint density at radius 2 is 2.00 bits per heavy atom. The Balaban J connectivity index is 1.43. The first-order valence-electron chi connectivity index (χ1n) is 7.53. The van der Waals surface area contributed by atoms with Crippen molar-refractivity contribution < 1.29 is 23.6 Å². The highest BCUT2D eigenvalue weighted by Gasteiger charge is 2.16. The van der Waals surface area contributed by atoms with Crippen LogP contribution in [0.3, 0.4) is 0 Å². The summed E-state index contributed by atoms with van der Waals surface area (Å²) in [6.07, 6.45) is 0. The fourth-order valence-corrected chi connectivity index (χ4v) is 3.20. The van der Waals surface area contributed by atoms with E-state index >= 15 is 0 Å². The molecule has 0 unspecified atom stereocenters. The van der Waals surface area contributed by atoms with E-state index in [2.05, 4.69) is 16.0 Å². The summed E-state index contributed by atoms with van der Waals surface area (Å²) in [4.78, 5) is 23.9. The number of rotatable bonds is 5. The summed E-state index contributed by atoms with van der Waals surface area (Å²) in [6, 6.07) is 4.82. The van der Waals surface area contributed by atoms with Crippen LogP contribution in [0.2, 0.25) is 0 Å². The number of nitrogens with zero attached hydrogens (tertiary/aromatic N) is 1. The molecule has 1 aliphatic heterocycles. The number of thioether (sulfide) groups is 1. The molecule has 2 N–H and O–H groups in total. The van der Waals surface area contributed by atoms with Gasteiger partial charge in [0.15, 0.2) is 11.5 Å². The highest BCUT2D eigenvalue weighted by Crippen LogP contribution is 2.32. The lowest BCUT2D eigenvalue weighted by molar-refractivity contribution is -0.119. The maximum Gasteiger partial charge on any atom is 0.269 e. The number of fused-ring (bicyclic) bond motifs is 1. The molecule has 8 nitrogen and oxygen atoms in total. The van der Waals surface area contributed by atoms with E-state index in [1.54, 1.807) is 18.2 Å². The van der Waals surface area contributed by atoms with Crippen LogP contribution < -0.4 is 20.3 Å². The van der Waals surface area contributed by atoms with E-state index in [-0.39, 0.29) is 18.5 Å². The summed E-state index contributed by atoms with van der Waals surface area (Å²) < 4.78 is 15.5. The van der Waals surface area contributed by atoms with Crippen molar-refractivity contribution >= 4 is 23.6 Å². The number of amides is 2. The molecule has 0 atom stereocenters. The Bertz CT molecular complexity index is 786. The van der Waals surface area contributed by atoms with Gasteiger partial charge in [-0.25, -0.2) is 0 Å². The predicted molar refractivity (Wildman–Crippen MR) is 90.3 cm³/mol. The second-order valence-electron chi connectivity index (χ2n) is 5.37. The van der Waals surface area contributed by atoms with Gasteiger partial charge in [0, 0.05) is 16.9 Å². The number of carbonyl (C=O) groups excluding carboxylic acids is 2.